The fourth-order valence-electron chi connectivity index (χ4n) is 3.00. The Kier molecular flexibility index (Phi) is 3.42. The largest absolute Gasteiger partial charge is 0.332 e. The third kappa shape index (κ3) is 2.18. The average Bonchev–Trinajstić information content (AvgIpc) is 3.02. The molecule has 0 N–H and O–H groups in total. The zero-order valence-electron chi connectivity index (χ0n) is 11.4. The number of carbonyl (C=O) groups is 2. The summed E-state index contributed by atoms with van der Waals surface area (Å²) in [6, 6.07) is 5.30. The first-order valence-electron chi connectivity index (χ1n) is 6.97. The zero-order valence-corrected chi connectivity index (χ0v) is 12.2. The van der Waals surface area contributed by atoms with Gasteiger partial charge in [0, 0.05) is 11.1 Å². The van der Waals surface area contributed by atoms with Crippen molar-refractivity contribution in [2.45, 2.75) is 38.6 Å². The fourth-order valence-corrected chi connectivity index (χ4v) is 3.17. The number of imide groups is 1. The van der Waals surface area contributed by atoms with Crippen LogP contribution in [0, 0.1) is 6.92 Å². The second-order valence-electron chi connectivity index (χ2n) is 5.51. The highest BCUT2D eigenvalue weighted by Crippen LogP contribution is 2.31. The van der Waals surface area contributed by atoms with Crippen molar-refractivity contribution in [3.63, 3.8) is 0 Å². The molecule has 3 rings (SSSR count). The minimum atomic E-state index is -0.207. The second kappa shape index (κ2) is 5.09. The number of amides is 3. The first-order valence-corrected chi connectivity index (χ1v) is 7.35. The molecule has 20 heavy (non-hydrogen) atoms. The van der Waals surface area contributed by atoms with Crippen molar-refractivity contribution in [3.8, 4) is 0 Å². The second-order valence-corrected chi connectivity index (χ2v) is 5.92. The van der Waals surface area contributed by atoms with E-state index in [9.17, 15) is 9.59 Å². The molecule has 1 aromatic carbocycles. The van der Waals surface area contributed by atoms with Gasteiger partial charge in [0.1, 0.15) is 6.54 Å². The van der Waals surface area contributed by atoms with Crippen molar-refractivity contribution in [3.05, 3.63) is 28.8 Å². The third-order valence-electron chi connectivity index (χ3n) is 4.17. The zero-order chi connectivity index (χ0) is 14.3. The Balaban J connectivity index is 1.87. The summed E-state index contributed by atoms with van der Waals surface area (Å²) >= 11 is 6.09. The Morgan fingerprint density at radius 3 is 2.55 bits per heavy atom. The number of hydrogen-bond donors (Lipinski definition) is 0. The van der Waals surface area contributed by atoms with Crippen LogP contribution in [0.4, 0.5) is 10.5 Å². The highest BCUT2D eigenvalue weighted by Gasteiger charge is 2.41. The lowest BCUT2D eigenvalue weighted by molar-refractivity contribution is -0.116. The molecule has 0 radical (unpaired) electrons. The Morgan fingerprint density at radius 1 is 1.20 bits per heavy atom. The van der Waals surface area contributed by atoms with E-state index < -0.39 is 0 Å². The van der Waals surface area contributed by atoms with Gasteiger partial charge in [-0.15, -0.1) is 0 Å². The van der Waals surface area contributed by atoms with Gasteiger partial charge in [-0.2, -0.15) is 0 Å². The number of hydrogen-bond acceptors (Lipinski definition) is 2. The van der Waals surface area contributed by atoms with Crippen LogP contribution in [0.1, 0.15) is 31.2 Å². The molecule has 4 nitrogen and oxygen atoms in total. The Labute approximate surface area is 123 Å². The van der Waals surface area contributed by atoms with Gasteiger partial charge >= 0.3 is 6.03 Å². The van der Waals surface area contributed by atoms with Crippen molar-refractivity contribution in [2.24, 2.45) is 0 Å². The van der Waals surface area contributed by atoms with E-state index in [4.69, 9.17) is 11.6 Å². The summed E-state index contributed by atoms with van der Waals surface area (Å²) in [7, 11) is 0. The van der Waals surface area contributed by atoms with Crippen LogP contribution in [0.3, 0.4) is 0 Å². The molecule has 0 atom stereocenters. The van der Waals surface area contributed by atoms with Crippen LogP contribution in [0.15, 0.2) is 18.2 Å². The summed E-state index contributed by atoms with van der Waals surface area (Å²) in [6.45, 7) is 2.08. The first-order chi connectivity index (χ1) is 9.58. The number of rotatable bonds is 2. The van der Waals surface area contributed by atoms with E-state index in [-0.39, 0.29) is 24.5 Å². The molecule has 3 amide bonds. The molecular weight excluding hydrogens is 276 g/mol. The maximum Gasteiger partial charge on any atom is 0.332 e. The van der Waals surface area contributed by atoms with Gasteiger partial charge in [0.05, 0.1) is 5.69 Å². The molecule has 1 aliphatic heterocycles. The molecule has 1 aromatic rings. The van der Waals surface area contributed by atoms with E-state index in [1.165, 1.54) is 4.90 Å². The number of nitrogens with zero attached hydrogens (tertiary/aromatic N) is 2. The van der Waals surface area contributed by atoms with Crippen LogP contribution < -0.4 is 4.90 Å². The smallest absolute Gasteiger partial charge is 0.312 e. The van der Waals surface area contributed by atoms with Crippen molar-refractivity contribution < 1.29 is 9.59 Å². The molecule has 0 aromatic heterocycles. The van der Waals surface area contributed by atoms with E-state index in [1.54, 1.807) is 17.0 Å². The number of benzene rings is 1. The average molecular weight is 293 g/mol. The van der Waals surface area contributed by atoms with Gasteiger partial charge < -0.3 is 4.90 Å². The predicted octanol–water partition coefficient (Wildman–Crippen LogP) is 3.36. The maximum atomic E-state index is 12.5. The first kappa shape index (κ1) is 13.4. The van der Waals surface area contributed by atoms with Gasteiger partial charge in [-0.05, 0) is 37.5 Å². The lowest BCUT2D eigenvalue weighted by Crippen LogP contribution is -2.38. The summed E-state index contributed by atoms with van der Waals surface area (Å²) < 4.78 is 0. The van der Waals surface area contributed by atoms with Crippen LogP contribution in [-0.4, -0.2) is 29.4 Å². The predicted molar refractivity (Wildman–Crippen MR) is 78.0 cm³/mol. The molecule has 0 bridgehead atoms. The summed E-state index contributed by atoms with van der Waals surface area (Å²) in [5, 5.41) is 0.572. The van der Waals surface area contributed by atoms with Crippen LogP contribution in [0.2, 0.25) is 5.02 Å². The summed E-state index contributed by atoms with van der Waals surface area (Å²) in [5.41, 5.74) is 1.50. The number of halogens is 1. The van der Waals surface area contributed by atoms with Gasteiger partial charge in [0.2, 0.25) is 0 Å². The minimum Gasteiger partial charge on any atom is -0.312 e. The van der Waals surface area contributed by atoms with Gasteiger partial charge in [-0.1, -0.05) is 30.5 Å². The highest BCUT2D eigenvalue weighted by atomic mass is 35.5. The van der Waals surface area contributed by atoms with Gasteiger partial charge in [0.15, 0.2) is 0 Å². The number of aryl methyl sites for hydroxylation is 1. The molecule has 106 valence electrons. The molecule has 1 saturated heterocycles. The lowest BCUT2D eigenvalue weighted by Gasteiger charge is -2.23. The third-order valence-corrected chi connectivity index (χ3v) is 4.58. The van der Waals surface area contributed by atoms with Crippen LogP contribution in [0.25, 0.3) is 0 Å². The maximum absolute atomic E-state index is 12.5. The summed E-state index contributed by atoms with van der Waals surface area (Å²) in [4.78, 5) is 27.6. The fraction of sp³-hybridized carbons (Fsp3) is 0.467. The van der Waals surface area contributed by atoms with Gasteiger partial charge in [-0.3, -0.25) is 4.79 Å². The topological polar surface area (TPSA) is 40.6 Å². The van der Waals surface area contributed by atoms with Crippen molar-refractivity contribution >= 4 is 29.2 Å². The summed E-state index contributed by atoms with van der Waals surface area (Å²) in [5.74, 6) is -0.165. The molecule has 1 aliphatic carbocycles. The molecule has 0 spiro atoms. The van der Waals surface area contributed by atoms with E-state index >= 15 is 0 Å². The quantitative estimate of drug-likeness (QED) is 0.784. The van der Waals surface area contributed by atoms with Crippen LogP contribution in [0.5, 0.6) is 0 Å². The Hall–Kier alpha value is -1.55. The SMILES string of the molecule is Cc1ccc(N2C(=O)CN(C3CCCC3)C2=O)cc1Cl. The van der Waals surface area contributed by atoms with E-state index in [2.05, 4.69) is 0 Å². The Morgan fingerprint density at radius 2 is 1.90 bits per heavy atom. The van der Waals surface area contributed by atoms with Gasteiger partial charge in [0.25, 0.3) is 5.91 Å². The monoisotopic (exact) mass is 292 g/mol. The standard InChI is InChI=1S/C15H17ClN2O2/c1-10-6-7-12(8-13(10)16)18-14(19)9-17(15(18)20)11-4-2-3-5-11/h6-8,11H,2-5,9H2,1H3. The van der Waals surface area contributed by atoms with E-state index in [1.807, 2.05) is 13.0 Å². The van der Waals surface area contributed by atoms with Gasteiger partial charge in [-0.25, -0.2) is 9.69 Å². The minimum absolute atomic E-state index is 0.165. The molecular formula is C15H17ClN2O2. The Bertz CT molecular complexity index is 567. The van der Waals surface area contributed by atoms with E-state index in [0.717, 1.165) is 31.2 Å². The normalized spacial score (nSPS) is 20.3. The van der Waals surface area contributed by atoms with Crippen LogP contribution >= 0.6 is 11.6 Å². The molecule has 2 fully saturated rings. The van der Waals surface area contributed by atoms with E-state index in [0.29, 0.717) is 10.7 Å². The molecule has 1 heterocycles. The van der Waals surface area contributed by atoms with Crippen LogP contribution in [-0.2, 0) is 4.79 Å². The van der Waals surface area contributed by atoms with Crippen molar-refractivity contribution in [2.75, 3.05) is 11.4 Å². The molecule has 1 saturated carbocycles. The summed E-state index contributed by atoms with van der Waals surface area (Å²) in [6.07, 6.45) is 4.28. The van der Waals surface area contributed by atoms with Crippen molar-refractivity contribution in [1.29, 1.82) is 0 Å². The van der Waals surface area contributed by atoms with Crippen molar-refractivity contribution in [1.82, 2.24) is 4.90 Å². The highest BCUT2D eigenvalue weighted by molar-refractivity contribution is 6.32. The number of urea groups is 1. The number of anilines is 1. The molecule has 0 unspecified atom stereocenters. The molecule has 5 heteroatoms. The lowest BCUT2D eigenvalue weighted by atomic mass is 10.2. The number of carbonyl (C=O) groups excluding carboxylic acids is 2. The molecule has 2 aliphatic rings.